The zero-order valence-corrected chi connectivity index (χ0v) is 16.2. The summed E-state index contributed by atoms with van der Waals surface area (Å²) in [5, 5.41) is 8.06. The van der Waals surface area contributed by atoms with Crippen LogP contribution in [0.25, 0.3) is 0 Å². The van der Waals surface area contributed by atoms with Gasteiger partial charge < -0.3 is 15.4 Å². The number of carbonyl (C=O) groups excluding carboxylic acids is 1. The molecule has 132 valence electrons. The zero-order chi connectivity index (χ0) is 17.8. The summed E-state index contributed by atoms with van der Waals surface area (Å²) < 4.78 is 5.00. The smallest absolute Gasteiger partial charge is 0.341 e. The average molecular weight is 395 g/mol. The third-order valence-corrected chi connectivity index (χ3v) is 5.77. The van der Waals surface area contributed by atoms with Crippen molar-refractivity contribution in [3.05, 3.63) is 45.3 Å². The minimum atomic E-state index is -0.313. The van der Waals surface area contributed by atoms with Crippen LogP contribution in [0.15, 0.2) is 24.3 Å². The summed E-state index contributed by atoms with van der Waals surface area (Å²) >= 11 is 13.0. The molecule has 0 saturated heterocycles. The highest BCUT2D eigenvalue weighted by molar-refractivity contribution is 7.80. The van der Waals surface area contributed by atoms with Gasteiger partial charge in [0.05, 0.1) is 12.7 Å². The number of hydrogen-bond acceptors (Lipinski definition) is 4. The molecule has 0 atom stereocenters. The van der Waals surface area contributed by atoms with Crippen LogP contribution >= 0.6 is 35.2 Å². The Kier molecular flexibility index (Phi) is 5.93. The van der Waals surface area contributed by atoms with Gasteiger partial charge in [0.1, 0.15) is 5.00 Å². The van der Waals surface area contributed by atoms with Gasteiger partial charge in [-0.25, -0.2) is 4.79 Å². The Bertz CT molecular complexity index is 804. The molecule has 0 spiro atoms. The van der Waals surface area contributed by atoms with E-state index in [0.717, 1.165) is 41.9 Å². The van der Waals surface area contributed by atoms with Gasteiger partial charge in [0, 0.05) is 15.6 Å². The van der Waals surface area contributed by atoms with Gasteiger partial charge in [-0.3, -0.25) is 0 Å². The molecule has 0 amide bonds. The molecule has 25 heavy (non-hydrogen) atoms. The second-order valence-corrected chi connectivity index (χ2v) is 7.80. The van der Waals surface area contributed by atoms with Crippen molar-refractivity contribution in [1.82, 2.24) is 0 Å². The van der Waals surface area contributed by atoms with Crippen LogP contribution in [0.5, 0.6) is 0 Å². The van der Waals surface area contributed by atoms with E-state index in [9.17, 15) is 4.79 Å². The Morgan fingerprint density at radius 3 is 2.80 bits per heavy atom. The van der Waals surface area contributed by atoms with E-state index in [1.165, 1.54) is 18.4 Å². The van der Waals surface area contributed by atoms with Gasteiger partial charge in [-0.2, -0.15) is 0 Å². The summed E-state index contributed by atoms with van der Waals surface area (Å²) in [4.78, 5) is 13.6. The molecule has 2 N–H and O–H groups in total. The van der Waals surface area contributed by atoms with Crippen LogP contribution in [0.4, 0.5) is 10.7 Å². The maximum Gasteiger partial charge on any atom is 0.341 e. The maximum atomic E-state index is 12.3. The number of hydrogen-bond donors (Lipinski definition) is 2. The monoisotopic (exact) mass is 394 g/mol. The van der Waals surface area contributed by atoms with Crippen molar-refractivity contribution in [2.45, 2.75) is 32.1 Å². The number of thiocarbonyl (C=S) groups is 1. The fourth-order valence-electron chi connectivity index (χ4n) is 2.98. The van der Waals surface area contributed by atoms with Gasteiger partial charge in [-0.15, -0.1) is 11.3 Å². The predicted octanol–water partition coefficient (Wildman–Crippen LogP) is 5.27. The lowest BCUT2D eigenvalue weighted by molar-refractivity contribution is 0.0601. The molecule has 7 heteroatoms. The Morgan fingerprint density at radius 2 is 2.04 bits per heavy atom. The highest BCUT2D eigenvalue weighted by Crippen LogP contribution is 2.38. The van der Waals surface area contributed by atoms with Crippen molar-refractivity contribution in [3.8, 4) is 0 Å². The number of esters is 1. The lowest BCUT2D eigenvalue weighted by atomic mass is 10.1. The zero-order valence-electron chi connectivity index (χ0n) is 13.9. The lowest BCUT2D eigenvalue weighted by Crippen LogP contribution is -2.20. The molecule has 3 rings (SSSR count). The number of thiophene rings is 1. The summed E-state index contributed by atoms with van der Waals surface area (Å²) in [5.41, 5.74) is 2.53. The molecule has 1 aliphatic carbocycles. The molecule has 2 aromatic rings. The summed E-state index contributed by atoms with van der Waals surface area (Å²) in [6.07, 6.45) is 5.35. The summed E-state index contributed by atoms with van der Waals surface area (Å²) in [7, 11) is 1.41. The minimum Gasteiger partial charge on any atom is -0.465 e. The first-order valence-corrected chi connectivity index (χ1v) is 9.75. The van der Waals surface area contributed by atoms with Crippen LogP contribution in [0.3, 0.4) is 0 Å². The molecule has 1 aliphatic rings. The van der Waals surface area contributed by atoms with Crippen LogP contribution in [0, 0.1) is 0 Å². The van der Waals surface area contributed by atoms with Crippen molar-refractivity contribution in [2.75, 3.05) is 17.7 Å². The quantitative estimate of drug-likeness (QED) is 0.422. The first-order chi connectivity index (χ1) is 12.1. The number of fused-ring (bicyclic) bond motifs is 1. The Hall–Kier alpha value is -1.63. The number of benzene rings is 1. The first-order valence-electron chi connectivity index (χ1n) is 8.15. The largest absolute Gasteiger partial charge is 0.465 e. The van der Waals surface area contributed by atoms with Crippen LogP contribution in [-0.2, 0) is 17.6 Å². The Balaban J connectivity index is 1.83. The van der Waals surface area contributed by atoms with Gasteiger partial charge in [0.2, 0.25) is 0 Å². The van der Waals surface area contributed by atoms with Gasteiger partial charge in [0.25, 0.3) is 0 Å². The molecule has 0 aliphatic heterocycles. The first kappa shape index (κ1) is 18.2. The molecule has 1 heterocycles. The van der Waals surface area contributed by atoms with Crippen LogP contribution in [0.2, 0.25) is 5.02 Å². The fraction of sp³-hybridized carbons (Fsp3) is 0.333. The highest BCUT2D eigenvalue weighted by Gasteiger charge is 2.25. The van der Waals surface area contributed by atoms with Gasteiger partial charge in [-0.1, -0.05) is 24.1 Å². The molecular weight excluding hydrogens is 376 g/mol. The van der Waals surface area contributed by atoms with E-state index in [1.54, 1.807) is 23.5 Å². The van der Waals surface area contributed by atoms with E-state index < -0.39 is 0 Å². The van der Waals surface area contributed by atoms with E-state index in [0.29, 0.717) is 15.7 Å². The number of ether oxygens (including phenoxy) is 1. The van der Waals surface area contributed by atoms with Crippen molar-refractivity contribution >= 4 is 56.9 Å². The van der Waals surface area contributed by atoms with Crippen LogP contribution in [0.1, 0.15) is 40.1 Å². The van der Waals surface area contributed by atoms with Crippen LogP contribution < -0.4 is 10.6 Å². The highest BCUT2D eigenvalue weighted by atomic mass is 35.5. The van der Waals surface area contributed by atoms with E-state index in [4.69, 9.17) is 28.6 Å². The van der Waals surface area contributed by atoms with E-state index in [1.807, 2.05) is 12.1 Å². The van der Waals surface area contributed by atoms with Crippen LogP contribution in [-0.4, -0.2) is 18.2 Å². The molecule has 0 bridgehead atoms. The number of rotatable bonds is 3. The molecular formula is C18H19ClN2O2S2. The summed E-state index contributed by atoms with van der Waals surface area (Å²) in [6, 6.07) is 7.32. The minimum absolute atomic E-state index is 0.313. The SMILES string of the molecule is COC(=O)c1c(NC(=S)Nc2cccc(Cl)c2)sc2c1CCCCC2. The van der Waals surface area contributed by atoms with E-state index in [2.05, 4.69) is 10.6 Å². The molecule has 4 nitrogen and oxygen atoms in total. The number of carbonyl (C=O) groups is 1. The molecule has 0 saturated carbocycles. The second-order valence-electron chi connectivity index (χ2n) is 5.85. The molecule has 1 aromatic carbocycles. The normalized spacial score (nSPS) is 13.5. The van der Waals surface area contributed by atoms with Crippen molar-refractivity contribution in [2.24, 2.45) is 0 Å². The molecule has 0 unspecified atom stereocenters. The molecule has 0 radical (unpaired) electrons. The number of halogens is 1. The third kappa shape index (κ3) is 4.32. The fourth-order valence-corrected chi connectivity index (χ4v) is 4.74. The van der Waals surface area contributed by atoms with Crippen molar-refractivity contribution < 1.29 is 9.53 Å². The number of nitrogens with one attached hydrogen (secondary N) is 2. The second kappa shape index (κ2) is 8.17. The maximum absolute atomic E-state index is 12.3. The standard InChI is InChI=1S/C18H19ClN2O2S2/c1-23-17(22)15-13-8-3-2-4-9-14(13)25-16(15)21-18(24)20-12-7-5-6-11(19)10-12/h5-7,10H,2-4,8-9H2,1H3,(H2,20,21,24). The third-order valence-electron chi connectivity index (χ3n) is 4.12. The summed E-state index contributed by atoms with van der Waals surface area (Å²) in [6.45, 7) is 0. The summed E-state index contributed by atoms with van der Waals surface area (Å²) in [5.74, 6) is -0.313. The molecule has 0 fully saturated rings. The van der Waals surface area contributed by atoms with Crippen molar-refractivity contribution in [1.29, 1.82) is 0 Å². The number of anilines is 2. The Morgan fingerprint density at radius 1 is 1.24 bits per heavy atom. The number of aryl methyl sites for hydroxylation is 1. The van der Waals surface area contributed by atoms with Gasteiger partial charge >= 0.3 is 5.97 Å². The van der Waals surface area contributed by atoms with E-state index >= 15 is 0 Å². The van der Waals surface area contributed by atoms with Gasteiger partial charge in [-0.05, 0) is 61.7 Å². The lowest BCUT2D eigenvalue weighted by Gasteiger charge is -2.11. The van der Waals surface area contributed by atoms with Gasteiger partial charge in [0.15, 0.2) is 5.11 Å². The Labute approximate surface area is 161 Å². The molecule has 1 aromatic heterocycles. The van der Waals surface area contributed by atoms with E-state index in [-0.39, 0.29) is 5.97 Å². The predicted molar refractivity (Wildman–Crippen MR) is 108 cm³/mol. The van der Waals surface area contributed by atoms with Crippen molar-refractivity contribution in [3.63, 3.8) is 0 Å². The number of methoxy groups -OCH3 is 1. The average Bonchev–Trinajstić information content (AvgIpc) is 2.75. The topological polar surface area (TPSA) is 50.4 Å².